The zero-order chi connectivity index (χ0) is 12.3. The third-order valence-electron chi connectivity index (χ3n) is 3.75. The second kappa shape index (κ2) is 5.19. The van der Waals surface area contributed by atoms with Gasteiger partial charge in [0, 0.05) is 18.8 Å². The fourth-order valence-corrected chi connectivity index (χ4v) is 2.58. The van der Waals surface area contributed by atoms with Crippen LogP contribution in [0.1, 0.15) is 36.0 Å². The Hall–Kier alpha value is -0.860. The first-order chi connectivity index (χ1) is 8.09. The lowest BCUT2D eigenvalue weighted by atomic mass is 9.83. The molecule has 2 heteroatoms. The van der Waals surface area contributed by atoms with Crippen LogP contribution in [0, 0.1) is 13.8 Å². The van der Waals surface area contributed by atoms with Crippen molar-refractivity contribution in [1.29, 1.82) is 0 Å². The second-order valence-electron chi connectivity index (χ2n) is 5.44. The highest BCUT2D eigenvalue weighted by Crippen LogP contribution is 2.25. The zero-order valence-electron chi connectivity index (χ0n) is 11.0. The molecule has 0 aromatic heterocycles. The Morgan fingerprint density at radius 1 is 1.24 bits per heavy atom. The topological polar surface area (TPSA) is 35.2 Å². The van der Waals surface area contributed by atoms with Crippen molar-refractivity contribution in [2.45, 2.75) is 45.1 Å². The Morgan fingerprint density at radius 3 is 2.88 bits per heavy atom. The van der Waals surface area contributed by atoms with E-state index in [4.69, 9.17) is 10.5 Å². The molecule has 1 aromatic carbocycles. The summed E-state index contributed by atoms with van der Waals surface area (Å²) in [5, 5.41) is 0. The van der Waals surface area contributed by atoms with Crippen LogP contribution in [0.25, 0.3) is 0 Å². The van der Waals surface area contributed by atoms with Crippen LogP contribution >= 0.6 is 0 Å². The molecule has 94 valence electrons. The number of rotatable bonds is 2. The summed E-state index contributed by atoms with van der Waals surface area (Å²) in [6, 6.07) is 6.63. The van der Waals surface area contributed by atoms with Gasteiger partial charge in [0.1, 0.15) is 0 Å². The molecule has 0 bridgehead atoms. The third kappa shape index (κ3) is 3.30. The first-order valence-corrected chi connectivity index (χ1v) is 6.52. The van der Waals surface area contributed by atoms with Gasteiger partial charge in [0.05, 0.1) is 0 Å². The highest BCUT2D eigenvalue weighted by atomic mass is 16.5. The van der Waals surface area contributed by atoms with Gasteiger partial charge in [0.25, 0.3) is 0 Å². The number of aryl methyl sites for hydroxylation is 2. The quantitative estimate of drug-likeness (QED) is 0.852. The molecule has 1 saturated heterocycles. The van der Waals surface area contributed by atoms with Gasteiger partial charge < -0.3 is 10.5 Å². The molecule has 1 unspecified atom stereocenters. The largest absolute Gasteiger partial charge is 0.381 e. The molecule has 0 radical (unpaired) electrons. The van der Waals surface area contributed by atoms with E-state index in [-0.39, 0.29) is 5.54 Å². The summed E-state index contributed by atoms with van der Waals surface area (Å²) in [7, 11) is 0. The van der Waals surface area contributed by atoms with Gasteiger partial charge in [0.15, 0.2) is 0 Å². The van der Waals surface area contributed by atoms with Crippen molar-refractivity contribution < 1.29 is 4.74 Å². The molecule has 2 N–H and O–H groups in total. The standard InChI is InChI=1S/C15H23NO/c1-12-4-5-13(2)14(10-12)11-15(16)6-3-8-17-9-7-15/h4-5,10H,3,6-9,11,16H2,1-2H3. The molecule has 1 heterocycles. The van der Waals surface area contributed by atoms with Crippen LogP contribution in [0.2, 0.25) is 0 Å². The number of ether oxygens (including phenoxy) is 1. The van der Waals surface area contributed by atoms with Crippen LogP contribution in [0.5, 0.6) is 0 Å². The Morgan fingerprint density at radius 2 is 2.06 bits per heavy atom. The van der Waals surface area contributed by atoms with Crippen molar-refractivity contribution in [3.05, 3.63) is 34.9 Å². The van der Waals surface area contributed by atoms with Crippen LogP contribution in [0.4, 0.5) is 0 Å². The van der Waals surface area contributed by atoms with E-state index in [1.165, 1.54) is 16.7 Å². The van der Waals surface area contributed by atoms with Gasteiger partial charge in [-0.3, -0.25) is 0 Å². The minimum atomic E-state index is -0.0744. The molecule has 2 nitrogen and oxygen atoms in total. The lowest BCUT2D eigenvalue weighted by Crippen LogP contribution is -2.42. The van der Waals surface area contributed by atoms with Crippen LogP contribution in [-0.4, -0.2) is 18.8 Å². The summed E-state index contributed by atoms with van der Waals surface area (Å²) in [5.41, 5.74) is 10.5. The fourth-order valence-electron chi connectivity index (χ4n) is 2.58. The zero-order valence-corrected chi connectivity index (χ0v) is 11.0. The van der Waals surface area contributed by atoms with Crippen LogP contribution in [-0.2, 0) is 11.2 Å². The van der Waals surface area contributed by atoms with Crippen molar-refractivity contribution in [2.75, 3.05) is 13.2 Å². The fraction of sp³-hybridized carbons (Fsp3) is 0.600. The number of benzene rings is 1. The highest BCUT2D eigenvalue weighted by Gasteiger charge is 2.27. The van der Waals surface area contributed by atoms with Gasteiger partial charge in [-0.1, -0.05) is 23.8 Å². The molecule has 1 atom stereocenters. The molecular formula is C15H23NO. The van der Waals surface area contributed by atoms with Gasteiger partial charge in [-0.25, -0.2) is 0 Å². The lowest BCUT2D eigenvalue weighted by Gasteiger charge is -2.28. The molecule has 17 heavy (non-hydrogen) atoms. The molecule has 1 aliphatic rings. The van der Waals surface area contributed by atoms with E-state index in [0.29, 0.717) is 0 Å². The van der Waals surface area contributed by atoms with Crippen LogP contribution in [0.15, 0.2) is 18.2 Å². The molecular weight excluding hydrogens is 210 g/mol. The molecule has 0 amide bonds. The smallest absolute Gasteiger partial charge is 0.0483 e. The summed E-state index contributed by atoms with van der Waals surface area (Å²) in [6.07, 6.45) is 4.10. The van der Waals surface area contributed by atoms with E-state index in [1.54, 1.807) is 0 Å². The van der Waals surface area contributed by atoms with E-state index >= 15 is 0 Å². The van der Waals surface area contributed by atoms with E-state index in [9.17, 15) is 0 Å². The molecule has 0 aliphatic carbocycles. The molecule has 1 fully saturated rings. The minimum Gasteiger partial charge on any atom is -0.381 e. The lowest BCUT2D eigenvalue weighted by molar-refractivity contribution is 0.139. The minimum absolute atomic E-state index is 0.0744. The maximum absolute atomic E-state index is 6.53. The maximum atomic E-state index is 6.53. The van der Waals surface area contributed by atoms with Gasteiger partial charge in [-0.15, -0.1) is 0 Å². The number of hydrogen-bond acceptors (Lipinski definition) is 2. The van der Waals surface area contributed by atoms with E-state index < -0.39 is 0 Å². The maximum Gasteiger partial charge on any atom is 0.0483 e. The van der Waals surface area contributed by atoms with Crippen LogP contribution < -0.4 is 5.73 Å². The van der Waals surface area contributed by atoms with E-state index in [1.807, 2.05) is 0 Å². The van der Waals surface area contributed by atoms with Gasteiger partial charge in [-0.05, 0) is 50.7 Å². The van der Waals surface area contributed by atoms with Crippen molar-refractivity contribution in [1.82, 2.24) is 0 Å². The van der Waals surface area contributed by atoms with Crippen molar-refractivity contribution >= 4 is 0 Å². The Labute approximate surface area is 104 Å². The molecule has 1 aromatic rings. The normalized spacial score (nSPS) is 25.6. The monoisotopic (exact) mass is 233 g/mol. The summed E-state index contributed by atoms with van der Waals surface area (Å²) >= 11 is 0. The predicted octanol–water partition coefficient (Wildman–Crippen LogP) is 2.74. The van der Waals surface area contributed by atoms with E-state index in [0.717, 1.165) is 38.9 Å². The van der Waals surface area contributed by atoms with Gasteiger partial charge in [-0.2, -0.15) is 0 Å². The Kier molecular flexibility index (Phi) is 3.85. The molecule has 2 rings (SSSR count). The summed E-state index contributed by atoms with van der Waals surface area (Å²) in [6.45, 7) is 5.99. The third-order valence-corrected chi connectivity index (χ3v) is 3.75. The molecule has 0 spiro atoms. The van der Waals surface area contributed by atoms with E-state index in [2.05, 4.69) is 32.0 Å². The first kappa shape index (κ1) is 12.6. The number of nitrogens with two attached hydrogens (primary N) is 1. The average molecular weight is 233 g/mol. The summed E-state index contributed by atoms with van der Waals surface area (Å²) < 4.78 is 5.50. The van der Waals surface area contributed by atoms with Crippen molar-refractivity contribution in [3.8, 4) is 0 Å². The Balaban J connectivity index is 2.15. The van der Waals surface area contributed by atoms with Gasteiger partial charge in [0.2, 0.25) is 0 Å². The summed E-state index contributed by atoms with van der Waals surface area (Å²) in [4.78, 5) is 0. The highest BCUT2D eigenvalue weighted by molar-refractivity contribution is 5.32. The second-order valence-corrected chi connectivity index (χ2v) is 5.44. The van der Waals surface area contributed by atoms with Crippen molar-refractivity contribution in [3.63, 3.8) is 0 Å². The molecule has 0 saturated carbocycles. The Bertz CT molecular complexity index is 379. The van der Waals surface area contributed by atoms with Crippen molar-refractivity contribution in [2.24, 2.45) is 5.73 Å². The first-order valence-electron chi connectivity index (χ1n) is 6.52. The van der Waals surface area contributed by atoms with Gasteiger partial charge >= 0.3 is 0 Å². The SMILES string of the molecule is Cc1ccc(C)c(CC2(N)CCCOCC2)c1. The predicted molar refractivity (Wildman–Crippen MR) is 71.2 cm³/mol. The van der Waals surface area contributed by atoms with Crippen LogP contribution in [0.3, 0.4) is 0 Å². The number of hydrogen-bond donors (Lipinski definition) is 1. The average Bonchev–Trinajstić information content (AvgIpc) is 2.49. The molecule has 1 aliphatic heterocycles. The summed E-state index contributed by atoms with van der Waals surface area (Å²) in [5.74, 6) is 0.